The molecule has 0 bridgehead atoms. The summed E-state index contributed by atoms with van der Waals surface area (Å²) >= 11 is 0. The van der Waals surface area contributed by atoms with Gasteiger partial charge in [-0.2, -0.15) is 18.3 Å². The maximum atomic E-state index is 12.8. The number of carboxylic acid groups (broad SMARTS) is 1. The van der Waals surface area contributed by atoms with Gasteiger partial charge in [0.15, 0.2) is 5.60 Å². The van der Waals surface area contributed by atoms with Crippen LogP contribution in [0.15, 0.2) is 48.5 Å². The summed E-state index contributed by atoms with van der Waals surface area (Å²) in [7, 11) is 1.78. The fraction of sp³-hybridized carbons (Fsp3) is 0.360. The maximum Gasteiger partial charge on any atom is 0.416 e. The van der Waals surface area contributed by atoms with Crippen molar-refractivity contribution in [1.82, 2.24) is 9.78 Å². The number of aliphatic carboxylic acids is 1. The molecule has 0 aliphatic heterocycles. The van der Waals surface area contributed by atoms with Crippen molar-refractivity contribution >= 4 is 5.97 Å². The number of halogens is 3. The number of carbonyl (C=O) groups is 1. The van der Waals surface area contributed by atoms with Crippen LogP contribution < -0.4 is 9.47 Å². The van der Waals surface area contributed by atoms with Crippen molar-refractivity contribution in [2.24, 2.45) is 7.05 Å². The lowest BCUT2D eigenvalue weighted by atomic mass is 10.1. The maximum absolute atomic E-state index is 12.8. The molecule has 0 aliphatic rings. The minimum absolute atomic E-state index is 0.0529. The fourth-order valence-corrected chi connectivity index (χ4v) is 3.37. The quantitative estimate of drug-likeness (QED) is 0.442. The van der Waals surface area contributed by atoms with Gasteiger partial charge in [-0.3, -0.25) is 4.68 Å². The SMILES string of the molecule is Cc1cc(OCC(C)c2cc(-c3ccc(C(F)(F)F)cc3)nn2C)ccc1OC(C)(C)C(=O)O. The molecule has 0 saturated heterocycles. The molecule has 1 heterocycles. The molecule has 1 atom stereocenters. The Bertz CT molecular complexity index is 1170. The van der Waals surface area contributed by atoms with Crippen LogP contribution in [0.1, 0.15) is 43.5 Å². The van der Waals surface area contributed by atoms with E-state index in [1.165, 1.54) is 26.0 Å². The molecule has 6 nitrogen and oxygen atoms in total. The first-order chi connectivity index (χ1) is 15.8. The lowest BCUT2D eigenvalue weighted by Crippen LogP contribution is -2.38. The van der Waals surface area contributed by atoms with Gasteiger partial charge in [0.1, 0.15) is 11.5 Å². The van der Waals surface area contributed by atoms with Crippen LogP contribution >= 0.6 is 0 Å². The zero-order chi connectivity index (χ0) is 25.3. The van der Waals surface area contributed by atoms with E-state index in [2.05, 4.69) is 5.10 Å². The molecule has 9 heteroatoms. The van der Waals surface area contributed by atoms with Gasteiger partial charge in [-0.1, -0.05) is 19.1 Å². The van der Waals surface area contributed by atoms with Crippen molar-refractivity contribution in [2.75, 3.05) is 6.61 Å². The first-order valence-corrected chi connectivity index (χ1v) is 10.7. The Morgan fingerprint density at radius 2 is 1.76 bits per heavy atom. The van der Waals surface area contributed by atoms with E-state index in [4.69, 9.17) is 9.47 Å². The summed E-state index contributed by atoms with van der Waals surface area (Å²) in [4.78, 5) is 11.3. The highest BCUT2D eigenvalue weighted by Crippen LogP contribution is 2.32. The van der Waals surface area contributed by atoms with E-state index < -0.39 is 23.3 Å². The van der Waals surface area contributed by atoms with E-state index >= 15 is 0 Å². The van der Waals surface area contributed by atoms with Gasteiger partial charge in [-0.05, 0) is 62.7 Å². The van der Waals surface area contributed by atoms with Crippen LogP contribution in [-0.2, 0) is 18.0 Å². The zero-order valence-corrected chi connectivity index (χ0v) is 19.6. The van der Waals surface area contributed by atoms with Gasteiger partial charge in [0.05, 0.1) is 17.9 Å². The molecule has 0 fully saturated rings. The van der Waals surface area contributed by atoms with E-state index in [0.717, 1.165) is 23.4 Å². The lowest BCUT2D eigenvalue weighted by molar-refractivity contribution is -0.152. The number of benzene rings is 2. The summed E-state index contributed by atoms with van der Waals surface area (Å²) in [6.07, 6.45) is -4.38. The Morgan fingerprint density at radius 3 is 2.32 bits per heavy atom. The molecule has 0 saturated carbocycles. The van der Waals surface area contributed by atoms with Crippen LogP contribution in [0.4, 0.5) is 13.2 Å². The molecule has 2 aromatic carbocycles. The van der Waals surface area contributed by atoms with Gasteiger partial charge in [0.25, 0.3) is 0 Å². The standard InChI is InChI=1S/C25H27F3N2O4/c1-15-12-19(10-11-22(15)34-24(3,4)23(31)32)33-14-16(2)21-13-20(29-30(21)5)17-6-8-18(9-7-17)25(26,27)28/h6-13,16H,14H2,1-5H3,(H,31,32). The fourth-order valence-electron chi connectivity index (χ4n) is 3.37. The van der Waals surface area contributed by atoms with Gasteiger partial charge in [0.2, 0.25) is 0 Å². The number of carboxylic acids is 1. The molecule has 3 rings (SSSR count). The number of alkyl halides is 3. The third kappa shape index (κ3) is 5.70. The molecule has 1 aromatic heterocycles. The highest BCUT2D eigenvalue weighted by atomic mass is 19.4. The van der Waals surface area contributed by atoms with E-state index in [1.54, 1.807) is 36.9 Å². The van der Waals surface area contributed by atoms with Crippen molar-refractivity contribution in [3.63, 3.8) is 0 Å². The summed E-state index contributed by atoms with van der Waals surface area (Å²) in [5.74, 6) is -0.0497. The number of aromatic nitrogens is 2. The number of ether oxygens (including phenoxy) is 2. The minimum Gasteiger partial charge on any atom is -0.493 e. The normalized spacial score (nSPS) is 12.9. The molecule has 0 radical (unpaired) electrons. The Morgan fingerprint density at radius 1 is 1.12 bits per heavy atom. The minimum atomic E-state index is -4.38. The largest absolute Gasteiger partial charge is 0.493 e. The van der Waals surface area contributed by atoms with E-state index in [9.17, 15) is 23.1 Å². The topological polar surface area (TPSA) is 73.6 Å². The highest BCUT2D eigenvalue weighted by Gasteiger charge is 2.31. The third-order valence-electron chi connectivity index (χ3n) is 5.46. The van der Waals surface area contributed by atoms with E-state index in [0.29, 0.717) is 29.4 Å². The second-order valence-electron chi connectivity index (χ2n) is 8.71. The first-order valence-electron chi connectivity index (χ1n) is 10.7. The molecule has 34 heavy (non-hydrogen) atoms. The average molecular weight is 476 g/mol. The Balaban J connectivity index is 1.68. The molecular weight excluding hydrogens is 449 g/mol. The summed E-state index contributed by atoms with van der Waals surface area (Å²) < 4.78 is 51.6. The van der Waals surface area contributed by atoms with Gasteiger partial charge >= 0.3 is 12.1 Å². The van der Waals surface area contributed by atoms with Gasteiger partial charge in [0, 0.05) is 24.2 Å². The Kier molecular flexibility index (Phi) is 6.95. The summed E-state index contributed by atoms with van der Waals surface area (Å²) in [6, 6.07) is 11.9. The molecule has 0 spiro atoms. The molecule has 0 amide bonds. The van der Waals surface area contributed by atoms with Crippen molar-refractivity contribution in [3.8, 4) is 22.8 Å². The first kappa shape index (κ1) is 25.1. The van der Waals surface area contributed by atoms with Crippen LogP contribution in [0, 0.1) is 6.92 Å². The van der Waals surface area contributed by atoms with Gasteiger partial charge < -0.3 is 14.6 Å². The molecule has 3 aromatic rings. The van der Waals surface area contributed by atoms with Crippen molar-refractivity contribution < 1.29 is 32.5 Å². The van der Waals surface area contributed by atoms with Crippen LogP contribution in [0.3, 0.4) is 0 Å². The van der Waals surface area contributed by atoms with Gasteiger partial charge in [-0.15, -0.1) is 0 Å². The Hall–Kier alpha value is -3.49. The predicted molar refractivity (Wildman–Crippen MR) is 121 cm³/mol. The number of aryl methyl sites for hydroxylation is 2. The van der Waals surface area contributed by atoms with Gasteiger partial charge in [-0.25, -0.2) is 4.79 Å². The highest BCUT2D eigenvalue weighted by molar-refractivity contribution is 5.76. The summed E-state index contributed by atoms with van der Waals surface area (Å²) in [5.41, 5.74) is 0.730. The van der Waals surface area contributed by atoms with Crippen molar-refractivity contribution in [1.29, 1.82) is 0 Å². The van der Waals surface area contributed by atoms with E-state index in [1.807, 2.05) is 13.0 Å². The zero-order valence-electron chi connectivity index (χ0n) is 19.6. The number of nitrogens with zero attached hydrogens (tertiary/aromatic N) is 2. The third-order valence-corrected chi connectivity index (χ3v) is 5.46. The smallest absolute Gasteiger partial charge is 0.416 e. The lowest BCUT2D eigenvalue weighted by Gasteiger charge is -2.23. The summed E-state index contributed by atoms with van der Waals surface area (Å²) in [5, 5.41) is 13.7. The van der Waals surface area contributed by atoms with E-state index in [-0.39, 0.29) is 5.92 Å². The Labute approximate surface area is 195 Å². The summed E-state index contributed by atoms with van der Waals surface area (Å²) in [6.45, 7) is 7.07. The molecule has 1 N–H and O–H groups in total. The second-order valence-corrected chi connectivity index (χ2v) is 8.71. The van der Waals surface area contributed by atoms with Crippen LogP contribution in [0.25, 0.3) is 11.3 Å². The number of hydrogen-bond donors (Lipinski definition) is 1. The monoisotopic (exact) mass is 476 g/mol. The van der Waals surface area contributed by atoms with Crippen LogP contribution in [-0.4, -0.2) is 33.1 Å². The van der Waals surface area contributed by atoms with Crippen molar-refractivity contribution in [2.45, 2.75) is 45.4 Å². The molecule has 0 aliphatic carbocycles. The second kappa shape index (κ2) is 9.40. The van der Waals surface area contributed by atoms with Crippen LogP contribution in [0.2, 0.25) is 0 Å². The molecular formula is C25H27F3N2O4. The number of hydrogen-bond acceptors (Lipinski definition) is 4. The number of rotatable bonds is 8. The molecule has 182 valence electrons. The average Bonchev–Trinajstić information content (AvgIpc) is 3.15. The molecule has 1 unspecified atom stereocenters. The van der Waals surface area contributed by atoms with Crippen LogP contribution in [0.5, 0.6) is 11.5 Å². The predicted octanol–water partition coefficient (Wildman–Crippen LogP) is 5.84. The van der Waals surface area contributed by atoms with Crippen molar-refractivity contribution in [3.05, 3.63) is 65.4 Å².